The van der Waals surface area contributed by atoms with Crippen LogP contribution in [0.2, 0.25) is 0 Å². The van der Waals surface area contributed by atoms with E-state index in [-0.39, 0.29) is 0 Å². The first-order valence-electron chi connectivity index (χ1n) is 5.87. The number of aryl methyl sites for hydroxylation is 1. The van der Waals surface area contributed by atoms with Crippen LogP contribution in [0.3, 0.4) is 0 Å². The molecule has 0 aliphatic rings. The van der Waals surface area contributed by atoms with E-state index in [9.17, 15) is 13.2 Å². The molecule has 0 saturated carbocycles. The molecule has 19 heavy (non-hydrogen) atoms. The van der Waals surface area contributed by atoms with Crippen molar-refractivity contribution in [1.29, 1.82) is 0 Å². The second kappa shape index (κ2) is 5.31. The Kier molecular flexibility index (Phi) is 3.74. The monoisotopic (exact) mass is 262 g/mol. The minimum atomic E-state index is -4.28. The molecule has 3 heteroatoms. The van der Waals surface area contributed by atoms with Gasteiger partial charge in [-0.15, -0.1) is 0 Å². The van der Waals surface area contributed by atoms with Crippen molar-refractivity contribution in [2.24, 2.45) is 0 Å². The van der Waals surface area contributed by atoms with Crippen LogP contribution in [0.5, 0.6) is 0 Å². The Morgan fingerprint density at radius 3 is 1.58 bits per heavy atom. The summed E-state index contributed by atoms with van der Waals surface area (Å²) in [5, 5.41) is 0. The Labute approximate surface area is 110 Å². The first-order chi connectivity index (χ1) is 8.95. The summed E-state index contributed by atoms with van der Waals surface area (Å²) in [5.41, 5.74) is 2.31. The van der Waals surface area contributed by atoms with E-state index in [0.29, 0.717) is 0 Å². The van der Waals surface area contributed by atoms with Gasteiger partial charge in [0.05, 0.1) is 5.56 Å². The topological polar surface area (TPSA) is 0 Å². The molecule has 0 aliphatic heterocycles. The van der Waals surface area contributed by atoms with Gasteiger partial charge in [-0.1, -0.05) is 54.1 Å². The molecule has 0 heterocycles. The summed E-state index contributed by atoms with van der Waals surface area (Å²) in [7, 11) is 0. The van der Waals surface area contributed by atoms with Crippen molar-refractivity contribution in [1.82, 2.24) is 0 Å². The van der Waals surface area contributed by atoms with E-state index >= 15 is 0 Å². The fourth-order valence-electron chi connectivity index (χ4n) is 1.65. The number of benzene rings is 2. The zero-order chi connectivity index (χ0) is 13.9. The van der Waals surface area contributed by atoms with Crippen LogP contribution in [-0.4, -0.2) is 0 Å². The fraction of sp³-hybridized carbons (Fsp3) is 0.125. The molecule has 0 nitrogen and oxygen atoms in total. The van der Waals surface area contributed by atoms with Crippen LogP contribution in [-0.2, 0) is 6.18 Å². The van der Waals surface area contributed by atoms with Gasteiger partial charge in [-0.3, -0.25) is 0 Å². The molecule has 0 saturated heterocycles. The zero-order valence-electron chi connectivity index (χ0n) is 10.4. The van der Waals surface area contributed by atoms with Gasteiger partial charge in [0.25, 0.3) is 0 Å². The second-order valence-electron chi connectivity index (χ2n) is 4.36. The molecule has 0 fully saturated rings. The first-order valence-corrected chi connectivity index (χ1v) is 5.87. The maximum absolute atomic E-state index is 12.4. The average Bonchev–Trinajstić information content (AvgIpc) is 2.37. The van der Waals surface area contributed by atoms with E-state index in [2.05, 4.69) is 0 Å². The van der Waals surface area contributed by atoms with Gasteiger partial charge in [0.1, 0.15) is 0 Å². The van der Waals surface area contributed by atoms with Crippen molar-refractivity contribution < 1.29 is 13.2 Å². The summed E-state index contributed by atoms with van der Waals surface area (Å²) in [4.78, 5) is 0. The lowest BCUT2D eigenvalue weighted by atomic mass is 10.1. The van der Waals surface area contributed by atoms with Crippen molar-refractivity contribution in [3.8, 4) is 0 Å². The van der Waals surface area contributed by atoms with Gasteiger partial charge in [-0.25, -0.2) is 0 Å². The maximum Gasteiger partial charge on any atom is 0.416 e. The van der Waals surface area contributed by atoms with Crippen LogP contribution in [0.15, 0.2) is 48.5 Å². The summed E-state index contributed by atoms with van der Waals surface area (Å²) in [6, 6.07) is 13.0. The maximum atomic E-state index is 12.4. The molecule has 98 valence electrons. The third kappa shape index (κ3) is 3.71. The largest absolute Gasteiger partial charge is 0.416 e. The number of hydrogen-bond acceptors (Lipinski definition) is 0. The number of alkyl halides is 3. The van der Waals surface area contributed by atoms with E-state index in [1.807, 2.05) is 37.3 Å². The highest BCUT2D eigenvalue weighted by Gasteiger charge is 2.29. The van der Waals surface area contributed by atoms with Crippen LogP contribution in [0.1, 0.15) is 22.3 Å². The quantitative estimate of drug-likeness (QED) is 0.654. The third-order valence-electron chi connectivity index (χ3n) is 2.78. The van der Waals surface area contributed by atoms with Gasteiger partial charge < -0.3 is 0 Å². The first kappa shape index (κ1) is 13.4. The SMILES string of the molecule is Cc1ccc(C=Cc2ccc(C(F)(F)F)cc2)cc1. The summed E-state index contributed by atoms with van der Waals surface area (Å²) in [6.45, 7) is 2.00. The van der Waals surface area contributed by atoms with Crippen LogP contribution >= 0.6 is 0 Å². The van der Waals surface area contributed by atoms with Crippen LogP contribution in [0.25, 0.3) is 12.2 Å². The molecule has 0 bridgehead atoms. The summed E-state index contributed by atoms with van der Waals surface area (Å²) in [5.74, 6) is 0. The van der Waals surface area contributed by atoms with E-state index in [1.165, 1.54) is 17.7 Å². The Morgan fingerprint density at radius 2 is 1.16 bits per heavy atom. The second-order valence-corrected chi connectivity index (χ2v) is 4.36. The molecule has 0 radical (unpaired) electrons. The zero-order valence-corrected chi connectivity index (χ0v) is 10.4. The molecule has 0 unspecified atom stereocenters. The van der Waals surface area contributed by atoms with E-state index in [1.54, 1.807) is 6.08 Å². The number of rotatable bonds is 2. The summed E-state index contributed by atoms with van der Waals surface area (Å²) in [6.07, 6.45) is -0.605. The molecule has 0 atom stereocenters. The number of halogens is 3. The van der Waals surface area contributed by atoms with Gasteiger partial charge in [0, 0.05) is 0 Å². The normalized spacial score (nSPS) is 12.0. The highest BCUT2D eigenvalue weighted by Crippen LogP contribution is 2.29. The Bertz CT molecular complexity index is 560. The van der Waals surface area contributed by atoms with Gasteiger partial charge in [-0.05, 0) is 30.2 Å². The predicted molar refractivity (Wildman–Crippen MR) is 71.6 cm³/mol. The molecule has 0 N–H and O–H groups in total. The minimum absolute atomic E-state index is 0.625. The van der Waals surface area contributed by atoms with Gasteiger partial charge in [0.2, 0.25) is 0 Å². The molecular weight excluding hydrogens is 249 g/mol. The summed E-state index contributed by atoms with van der Waals surface area (Å²) >= 11 is 0. The van der Waals surface area contributed by atoms with Crippen LogP contribution < -0.4 is 0 Å². The Balaban J connectivity index is 2.13. The Hall–Kier alpha value is -2.03. The molecule has 2 rings (SSSR count). The lowest BCUT2D eigenvalue weighted by Crippen LogP contribution is -2.03. The lowest BCUT2D eigenvalue weighted by Gasteiger charge is -2.05. The molecule has 2 aromatic carbocycles. The standard InChI is InChI=1S/C16H13F3/c1-12-2-4-13(5-3-12)6-7-14-8-10-15(11-9-14)16(17,18)19/h2-11H,1H3. The van der Waals surface area contributed by atoms with Crippen molar-refractivity contribution >= 4 is 12.2 Å². The van der Waals surface area contributed by atoms with Crippen LogP contribution in [0, 0.1) is 6.92 Å². The van der Waals surface area contributed by atoms with Gasteiger partial charge in [0.15, 0.2) is 0 Å². The lowest BCUT2D eigenvalue weighted by molar-refractivity contribution is -0.137. The smallest absolute Gasteiger partial charge is 0.166 e. The molecular formula is C16H13F3. The molecule has 0 aliphatic carbocycles. The molecule has 0 amide bonds. The van der Waals surface area contributed by atoms with E-state index < -0.39 is 11.7 Å². The van der Waals surface area contributed by atoms with Crippen molar-refractivity contribution in [2.45, 2.75) is 13.1 Å². The highest BCUT2D eigenvalue weighted by molar-refractivity contribution is 5.69. The number of hydrogen-bond donors (Lipinski definition) is 0. The molecule has 2 aromatic rings. The van der Waals surface area contributed by atoms with Crippen molar-refractivity contribution in [3.05, 3.63) is 70.8 Å². The predicted octanol–water partition coefficient (Wildman–Crippen LogP) is 5.18. The van der Waals surface area contributed by atoms with Gasteiger partial charge >= 0.3 is 6.18 Å². The van der Waals surface area contributed by atoms with E-state index in [4.69, 9.17) is 0 Å². The van der Waals surface area contributed by atoms with Gasteiger partial charge in [-0.2, -0.15) is 13.2 Å². The minimum Gasteiger partial charge on any atom is -0.166 e. The van der Waals surface area contributed by atoms with Crippen molar-refractivity contribution in [3.63, 3.8) is 0 Å². The highest BCUT2D eigenvalue weighted by atomic mass is 19.4. The van der Waals surface area contributed by atoms with E-state index in [0.717, 1.165) is 23.3 Å². The summed E-state index contributed by atoms with van der Waals surface area (Å²) < 4.78 is 37.2. The third-order valence-corrected chi connectivity index (χ3v) is 2.78. The van der Waals surface area contributed by atoms with Crippen LogP contribution in [0.4, 0.5) is 13.2 Å². The Morgan fingerprint density at radius 1 is 0.737 bits per heavy atom. The van der Waals surface area contributed by atoms with Crippen molar-refractivity contribution in [2.75, 3.05) is 0 Å². The molecule has 0 spiro atoms. The fourth-order valence-corrected chi connectivity index (χ4v) is 1.65. The average molecular weight is 262 g/mol. The molecule has 0 aromatic heterocycles.